The molecule has 0 bridgehead atoms. The number of amides is 1. The molecule has 1 amide bonds. The average Bonchev–Trinajstić information content (AvgIpc) is 2.28. The fraction of sp³-hybridized carbons (Fsp3) is 0.364. The smallest absolute Gasteiger partial charge is 0.255 e. The van der Waals surface area contributed by atoms with Crippen LogP contribution in [-0.4, -0.2) is 47.3 Å². The van der Waals surface area contributed by atoms with Crippen molar-refractivity contribution in [2.45, 2.75) is 0 Å². The third-order valence-corrected chi connectivity index (χ3v) is 2.46. The molecule has 0 radical (unpaired) electrons. The van der Waals surface area contributed by atoms with Crippen molar-refractivity contribution in [1.82, 2.24) is 4.90 Å². The molecule has 5 heteroatoms. The van der Waals surface area contributed by atoms with Crippen LogP contribution in [0.2, 0.25) is 5.02 Å². The standard InChI is InChI=1S/C11H14ClNO3/c12-10-4-2-1-3-9(10)11(16)13(5-7-14)6-8-15/h1-4,14-15H,5-8H2. The van der Waals surface area contributed by atoms with Crippen molar-refractivity contribution < 1.29 is 15.0 Å². The van der Waals surface area contributed by atoms with Gasteiger partial charge in [0.1, 0.15) is 0 Å². The van der Waals surface area contributed by atoms with E-state index in [1.165, 1.54) is 4.90 Å². The van der Waals surface area contributed by atoms with E-state index in [4.69, 9.17) is 21.8 Å². The van der Waals surface area contributed by atoms with Gasteiger partial charge in [-0.3, -0.25) is 4.79 Å². The molecule has 88 valence electrons. The summed E-state index contributed by atoms with van der Waals surface area (Å²) in [6, 6.07) is 6.70. The Morgan fingerprint density at radius 3 is 2.25 bits per heavy atom. The topological polar surface area (TPSA) is 60.8 Å². The van der Waals surface area contributed by atoms with E-state index in [0.29, 0.717) is 10.6 Å². The quantitative estimate of drug-likeness (QED) is 0.803. The SMILES string of the molecule is O=C(c1ccccc1Cl)N(CCO)CCO. The van der Waals surface area contributed by atoms with E-state index in [2.05, 4.69) is 0 Å². The summed E-state index contributed by atoms with van der Waals surface area (Å²) >= 11 is 5.89. The van der Waals surface area contributed by atoms with E-state index < -0.39 is 0 Å². The van der Waals surface area contributed by atoms with Crippen molar-refractivity contribution in [3.8, 4) is 0 Å². The van der Waals surface area contributed by atoms with Crippen molar-refractivity contribution in [3.05, 3.63) is 34.9 Å². The van der Waals surface area contributed by atoms with Crippen molar-refractivity contribution in [2.75, 3.05) is 26.3 Å². The fourth-order valence-electron chi connectivity index (χ4n) is 1.36. The molecule has 1 rings (SSSR count). The van der Waals surface area contributed by atoms with E-state index in [-0.39, 0.29) is 32.2 Å². The molecule has 0 aromatic heterocycles. The van der Waals surface area contributed by atoms with Gasteiger partial charge in [0.2, 0.25) is 0 Å². The molecule has 0 saturated carbocycles. The zero-order valence-electron chi connectivity index (χ0n) is 8.77. The number of hydrogen-bond donors (Lipinski definition) is 2. The third-order valence-electron chi connectivity index (χ3n) is 2.13. The summed E-state index contributed by atoms with van der Waals surface area (Å²) < 4.78 is 0. The lowest BCUT2D eigenvalue weighted by Gasteiger charge is -2.21. The first-order valence-corrected chi connectivity index (χ1v) is 5.34. The highest BCUT2D eigenvalue weighted by Gasteiger charge is 2.16. The zero-order valence-corrected chi connectivity index (χ0v) is 9.52. The van der Waals surface area contributed by atoms with Gasteiger partial charge in [-0.25, -0.2) is 0 Å². The molecule has 0 aliphatic carbocycles. The Balaban J connectivity index is 2.85. The Hall–Kier alpha value is -1.10. The van der Waals surface area contributed by atoms with Crippen LogP contribution in [0.3, 0.4) is 0 Å². The van der Waals surface area contributed by atoms with Crippen LogP contribution in [0.1, 0.15) is 10.4 Å². The number of carbonyl (C=O) groups excluding carboxylic acids is 1. The van der Waals surface area contributed by atoms with E-state index in [1.807, 2.05) is 0 Å². The molecule has 4 nitrogen and oxygen atoms in total. The zero-order chi connectivity index (χ0) is 12.0. The summed E-state index contributed by atoms with van der Waals surface area (Å²) in [5.41, 5.74) is 0.381. The van der Waals surface area contributed by atoms with Gasteiger partial charge in [-0.05, 0) is 12.1 Å². The summed E-state index contributed by atoms with van der Waals surface area (Å²) in [6.07, 6.45) is 0. The second-order valence-electron chi connectivity index (χ2n) is 3.22. The number of halogens is 1. The minimum absolute atomic E-state index is 0.143. The van der Waals surface area contributed by atoms with E-state index in [1.54, 1.807) is 24.3 Å². The molecule has 16 heavy (non-hydrogen) atoms. The number of hydrogen-bond acceptors (Lipinski definition) is 3. The van der Waals surface area contributed by atoms with Gasteiger partial charge in [-0.2, -0.15) is 0 Å². The normalized spacial score (nSPS) is 10.2. The summed E-state index contributed by atoms with van der Waals surface area (Å²) in [7, 11) is 0. The van der Waals surface area contributed by atoms with Crippen LogP contribution in [0, 0.1) is 0 Å². The molecular weight excluding hydrogens is 230 g/mol. The summed E-state index contributed by atoms with van der Waals surface area (Å²) in [6.45, 7) is 0.0849. The number of aliphatic hydroxyl groups is 2. The molecular formula is C11H14ClNO3. The van der Waals surface area contributed by atoms with Gasteiger partial charge in [-0.15, -0.1) is 0 Å². The van der Waals surface area contributed by atoms with E-state index >= 15 is 0 Å². The van der Waals surface area contributed by atoms with Gasteiger partial charge in [0.05, 0.1) is 23.8 Å². The largest absolute Gasteiger partial charge is 0.395 e. The molecule has 0 heterocycles. The first-order valence-electron chi connectivity index (χ1n) is 4.96. The van der Waals surface area contributed by atoms with Gasteiger partial charge in [-0.1, -0.05) is 23.7 Å². The van der Waals surface area contributed by atoms with Gasteiger partial charge in [0.15, 0.2) is 0 Å². The Kier molecular flexibility index (Phi) is 5.25. The number of benzene rings is 1. The molecule has 1 aromatic carbocycles. The van der Waals surface area contributed by atoms with Crippen LogP contribution >= 0.6 is 11.6 Å². The predicted octanol–water partition coefficient (Wildman–Crippen LogP) is 0.767. The van der Waals surface area contributed by atoms with Crippen LogP contribution in [-0.2, 0) is 0 Å². The summed E-state index contributed by atoms with van der Waals surface area (Å²) in [5.74, 6) is -0.284. The highest BCUT2D eigenvalue weighted by Crippen LogP contribution is 2.16. The Morgan fingerprint density at radius 1 is 1.19 bits per heavy atom. The lowest BCUT2D eigenvalue weighted by Crippen LogP contribution is -2.36. The lowest BCUT2D eigenvalue weighted by atomic mass is 10.2. The highest BCUT2D eigenvalue weighted by molar-refractivity contribution is 6.33. The summed E-state index contributed by atoms with van der Waals surface area (Å²) in [5, 5.41) is 18.0. The van der Waals surface area contributed by atoms with Crippen molar-refractivity contribution in [2.24, 2.45) is 0 Å². The van der Waals surface area contributed by atoms with Gasteiger partial charge >= 0.3 is 0 Å². The number of nitrogens with zero attached hydrogens (tertiary/aromatic N) is 1. The maximum Gasteiger partial charge on any atom is 0.255 e. The lowest BCUT2D eigenvalue weighted by molar-refractivity contribution is 0.0685. The number of rotatable bonds is 5. The highest BCUT2D eigenvalue weighted by atomic mass is 35.5. The molecule has 0 atom stereocenters. The average molecular weight is 244 g/mol. The Morgan fingerprint density at radius 2 is 1.75 bits per heavy atom. The molecule has 2 N–H and O–H groups in total. The Labute approximate surface area is 99.1 Å². The number of aliphatic hydroxyl groups excluding tert-OH is 2. The fourth-order valence-corrected chi connectivity index (χ4v) is 1.58. The first kappa shape index (κ1) is 13.0. The van der Waals surface area contributed by atoms with Crippen LogP contribution in [0.15, 0.2) is 24.3 Å². The molecule has 0 aliphatic heterocycles. The minimum Gasteiger partial charge on any atom is -0.395 e. The molecule has 1 aromatic rings. The van der Waals surface area contributed by atoms with Crippen molar-refractivity contribution in [3.63, 3.8) is 0 Å². The minimum atomic E-state index is -0.284. The Bertz CT molecular complexity index is 351. The van der Waals surface area contributed by atoms with Crippen LogP contribution < -0.4 is 0 Å². The monoisotopic (exact) mass is 243 g/mol. The number of carbonyl (C=O) groups is 1. The van der Waals surface area contributed by atoms with E-state index in [0.717, 1.165) is 0 Å². The van der Waals surface area contributed by atoms with Crippen LogP contribution in [0.4, 0.5) is 0 Å². The maximum absolute atomic E-state index is 12.0. The van der Waals surface area contributed by atoms with Crippen molar-refractivity contribution >= 4 is 17.5 Å². The predicted molar refractivity (Wildman–Crippen MR) is 61.5 cm³/mol. The van der Waals surface area contributed by atoms with Gasteiger partial charge in [0.25, 0.3) is 5.91 Å². The second-order valence-corrected chi connectivity index (χ2v) is 3.63. The maximum atomic E-state index is 12.0. The van der Waals surface area contributed by atoms with E-state index in [9.17, 15) is 4.79 Å². The van der Waals surface area contributed by atoms with Crippen LogP contribution in [0.5, 0.6) is 0 Å². The molecule has 0 aliphatic rings. The second kappa shape index (κ2) is 6.48. The molecule has 0 fully saturated rings. The van der Waals surface area contributed by atoms with Gasteiger partial charge in [0, 0.05) is 13.1 Å². The first-order chi connectivity index (χ1) is 7.70. The molecule has 0 spiro atoms. The summed E-state index contributed by atoms with van der Waals surface area (Å²) in [4.78, 5) is 13.3. The van der Waals surface area contributed by atoms with Gasteiger partial charge < -0.3 is 15.1 Å². The molecule has 0 saturated heterocycles. The third kappa shape index (κ3) is 3.20. The van der Waals surface area contributed by atoms with Crippen molar-refractivity contribution in [1.29, 1.82) is 0 Å². The van der Waals surface area contributed by atoms with Crippen LogP contribution in [0.25, 0.3) is 0 Å². The molecule has 0 unspecified atom stereocenters.